The van der Waals surface area contributed by atoms with Gasteiger partial charge in [-0.05, 0) is 0 Å². The Morgan fingerprint density at radius 2 is 1.61 bits per heavy atom. The van der Waals surface area contributed by atoms with Gasteiger partial charge in [-0.2, -0.15) is 0 Å². The minimum Gasteiger partial charge on any atom is -0.394 e. The van der Waals surface area contributed by atoms with Crippen molar-refractivity contribution in [2.45, 2.75) is 55.1 Å². The fourth-order valence-electron chi connectivity index (χ4n) is 2.06. The van der Waals surface area contributed by atoms with Crippen molar-refractivity contribution < 1.29 is 55.1 Å². The molecule has 0 radical (unpaired) electrons. The highest BCUT2D eigenvalue weighted by atomic mass is 16.7. The Labute approximate surface area is 130 Å². The van der Waals surface area contributed by atoms with Gasteiger partial charge in [-0.3, -0.25) is 0 Å². The summed E-state index contributed by atoms with van der Waals surface area (Å²) in [6.07, 6.45) is -15.5. The maximum absolute atomic E-state index is 11.0. The molecule has 11 heteroatoms. The zero-order chi connectivity index (χ0) is 17.7. The summed E-state index contributed by atoms with van der Waals surface area (Å²) in [5, 5.41) is 75.2. The zero-order valence-electron chi connectivity index (χ0n) is 12.0. The standard InChI is InChI=1S/C12H22O11/c13-1-4(16)7(17)8(18)5(2-14)22-12-11(21)10(20)9(19)6(3-15)23-12/h2,4-13,15-21H,1,3H2/t4-,5-,6-,7-,8-,9-,10+,11+,12-/m1/s1. The number of carbonyl (C=O) groups is 1. The Morgan fingerprint density at radius 3 is 2.09 bits per heavy atom. The monoisotopic (exact) mass is 342 g/mol. The lowest BCUT2D eigenvalue weighted by atomic mass is 9.99. The summed E-state index contributed by atoms with van der Waals surface area (Å²) in [5.41, 5.74) is 0. The van der Waals surface area contributed by atoms with E-state index in [1.807, 2.05) is 0 Å². The average molecular weight is 342 g/mol. The first-order chi connectivity index (χ1) is 10.8. The second kappa shape index (κ2) is 8.94. The predicted molar refractivity (Wildman–Crippen MR) is 69.8 cm³/mol. The van der Waals surface area contributed by atoms with E-state index in [1.165, 1.54) is 0 Å². The molecule has 1 rings (SSSR count). The van der Waals surface area contributed by atoms with Gasteiger partial charge >= 0.3 is 0 Å². The van der Waals surface area contributed by atoms with E-state index < -0.39 is 68.3 Å². The third kappa shape index (κ3) is 4.64. The van der Waals surface area contributed by atoms with Crippen LogP contribution in [0.1, 0.15) is 0 Å². The van der Waals surface area contributed by atoms with Gasteiger partial charge in [0.15, 0.2) is 12.6 Å². The Kier molecular flexibility index (Phi) is 7.89. The van der Waals surface area contributed by atoms with Gasteiger partial charge in [-0.15, -0.1) is 0 Å². The molecule has 0 aromatic rings. The van der Waals surface area contributed by atoms with Crippen molar-refractivity contribution in [3.63, 3.8) is 0 Å². The fraction of sp³-hybridized carbons (Fsp3) is 0.917. The molecule has 0 amide bonds. The lowest BCUT2D eigenvalue weighted by molar-refractivity contribution is -0.315. The summed E-state index contributed by atoms with van der Waals surface area (Å²) in [6.45, 7) is -1.60. The molecule has 1 heterocycles. The Hall–Kier alpha value is -0.730. The zero-order valence-corrected chi connectivity index (χ0v) is 12.0. The lowest BCUT2D eigenvalue weighted by Gasteiger charge is -2.41. The van der Waals surface area contributed by atoms with Crippen LogP contribution in [0.3, 0.4) is 0 Å². The Balaban J connectivity index is 2.79. The molecule has 0 unspecified atom stereocenters. The maximum Gasteiger partial charge on any atom is 0.187 e. The van der Waals surface area contributed by atoms with Gasteiger partial charge in [-0.1, -0.05) is 0 Å². The molecule has 0 aromatic carbocycles. The SMILES string of the molecule is O=C[C@@H](O[C@@H]1O[C@H](CO)[C@@H](O)[C@H](O)[C@@H]1O)[C@@H](O)[C@H](O)[C@H](O)CO. The summed E-state index contributed by atoms with van der Waals surface area (Å²) in [5.74, 6) is 0. The maximum atomic E-state index is 11.0. The number of carbonyl (C=O) groups excluding carboxylic acids is 1. The number of rotatable bonds is 8. The molecule has 9 atom stereocenters. The first kappa shape index (κ1) is 20.3. The molecule has 1 fully saturated rings. The van der Waals surface area contributed by atoms with Crippen LogP contribution in [0, 0.1) is 0 Å². The van der Waals surface area contributed by atoms with Gasteiger partial charge < -0.3 is 55.1 Å². The van der Waals surface area contributed by atoms with Crippen LogP contribution in [-0.2, 0) is 14.3 Å². The van der Waals surface area contributed by atoms with E-state index in [1.54, 1.807) is 0 Å². The summed E-state index contributed by atoms with van der Waals surface area (Å²) in [6, 6.07) is 0. The van der Waals surface area contributed by atoms with Crippen molar-refractivity contribution in [3.8, 4) is 0 Å². The predicted octanol–water partition coefficient (Wildman–Crippen LogP) is -5.55. The molecule has 23 heavy (non-hydrogen) atoms. The van der Waals surface area contributed by atoms with Crippen molar-refractivity contribution in [2.24, 2.45) is 0 Å². The molecule has 1 aliphatic rings. The minimum atomic E-state index is -1.97. The van der Waals surface area contributed by atoms with Crippen molar-refractivity contribution in [2.75, 3.05) is 13.2 Å². The molecular formula is C12H22O11. The van der Waals surface area contributed by atoms with Gasteiger partial charge in [0.05, 0.1) is 13.2 Å². The highest BCUT2D eigenvalue weighted by Crippen LogP contribution is 2.23. The highest BCUT2D eigenvalue weighted by Gasteiger charge is 2.46. The lowest BCUT2D eigenvalue weighted by Crippen LogP contribution is -2.60. The molecule has 136 valence electrons. The second-order valence-corrected chi connectivity index (χ2v) is 5.17. The van der Waals surface area contributed by atoms with E-state index in [-0.39, 0.29) is 6.29 Å². The van der Waals surface area contributed by atoms with Gasteiger partial charge in [-0.25, -0.2) is 0 Å². The molecule has 11 nitrogen and oxygen atoms in total. The summed E-state index contributed by atoms with van der Waals surface area (Å²) < 4.78 is 9.94. The van der Waals surface area contributed by atoms with Crippen molar-refractivity contribution in [1.82, 2.24) is 0 Å². The van der Waals surface area contributed by atoms with E-state index in [0.717, 1.165) is 0 Å². The van der Waals surface area contributed by atoms with Gasteiger partial charge in [0.1, 0.15) is 48.8 Å². The number of ether oxygens (including phenoxy) is 2. The van der Waals surface area contributed by atoms with Crippen molar-refractivity contribution >= 4 is 6.29 Å². The molecule has 0 aromatic heterocycles. The van der Waals surface area contributed by atoms with Crippen LogP contribution in [0.15, 0.2) is 0 Å². The third-order valence-electron chi connectivity index (χ3n) is 3.54. The molecule has 0 spiro atoms. The Bertz CT molecular complexity index is 365. The number of hydrogen-bond acceptors (Lipinski definition) is 11. The molecule has 8 N–H and O–H groups in total. The topological polar surface area (TPSA) is 197 Å². The Morgan fingerprint density at radius 1 is 1.00 bits per heavy atom. The van der Waals surface area contributed by atoms with E-state index in [4.69, 9.17) is 19.7 Å². The number of hydrogen-bond donors (Lipinski definition) is 8. The number of aliphatic hydroxyl groups excluding tert-OH is 8. The molecule has 0 bridgehead atoms. The first-order valence-corrected chi connectivity index (χ1v) is 6.84. The minimum absolute atomic E-state index is 0.0550. The van der Waals surface area contributed by atoms with Crippen LogP contribution >= 0.6 is 0 Å². The molecule has 0 aliphatic carbocycles. The quantitative estimate of drug-likeness (QED) is 0.196. The largest absolute Gasteiger partial charge is 0.394 e. The van der Waals surface area contributed by atoms with Gasteiger partial charge in [0.25, 0.3) is 0 Å². The van der Waals surface area contributed by atoms with Gasteiger partial charge in [0.2, 0.25) is 0 Å². The van der Waals surface area contributed by atoms with E-state index in [9.17, 15) is 35.4 Å². The van der Waals surface area contributed by atoms with E-state index >= 15 is 0 Å². The summed E-state index contributed by atoms with van der Waals surface area (Å²) in [7, 11) is 0. The van der Waals surface area contributed by atoms with Crippen molar-refractivity contribution in [1.29, 1.82) is 0 Å². The van der Waals surface area contributed by atoms with Crippen LogP contribution in [-0.4, -0.2) is 115 Å². The van der Waals surface area contributed by atoms with E-state index in [0.29, 0.717) is 0 Å². The second-order valence-electron chi connectivity index (χ2n) is 5.17. The third-order valence-corrected chi connectivity index (χ3v) is 3.54. The van der Waals surface area contributed by atoms with Crippen LogP contribution in [0.4, 0.5) is 0 Å². The summed E-state index contributed by atoms with van der Waals surface area (Å²) >= 11 is 0. The van der Waals surface area contributed by atoms with Gasteiger partial charge in [0, 0.05) is 0 Å². The smallest absolute Gasteiger partial charge is 0.187 e. The van der Waals surface area contributed by atoms with Crippen LogP contribution in [0.2, 0.25) is 0 Å². The summed E-state index contributed by atoms with van der Waals surface area (Å²) in [4.78, 5) is 11.0. The van der Waals surface area contributed by atoms with Crippen LogP contribution in [0.25, 0.3) is 0 Å². The highest BCUT2D eigenvalue weighted by molar-refractivity contribution is 5.57. The molecular weight excluding hydrogens is 320 g/mol. The molecule has 1 aliphatic heterocycles. The normalized spacial score (nSPS) is 37.0. The molecule has 0 saturated carbocycles. The first-order valence-electron chi connectivity index (χ1n) is 6.84. The number of aldehydes is 1. The van der Waals surface area contributed by atoms with Crippen LogP contribution in [0.5, 0.6) is 0 Å². The molecule has 1 saturated heterocycles. The number of aliphatic hydroxyl groups is 8. The van der Waals surface area contributed by atoms with Crippen LogP contribution < -0.4 is 0 Å². The van der Waals surface area contributed by atoms with Crippen molar-refractivity contribution in [3.05, 3.63) is 0 Å². The average Bonchev–Trinajstić information content (AvgIpc) is 2.57. The fourth-order valence-corrected chi connectivity index (χ4v) is 2.06. The van der Waals surface area contributed by atoms with E-state index in [2.05, 4.69) is 0 Å².